The molecule has 1 amide bonds. The van der Waals surface area contributed by atoms with Gasteiger partial charge in [0.2, 0.25) is 0 Å². The summed E-state index contributed by atoms with van der Waals surface area (Å²) in [7, 11) is 0. The summed E-state index contributed by atoms with van der Waals surface area (Å²) in [5.74, 6) is -0.410. The summed E-state index contributed by atoms with van der Waals surface area (Å²) in [6, 6.07) is 22.1. The van der Waals surface area contributed by atoms with Crippen LogP contribution < -0.4 is 5.32 Å². The lowest BCUT2D eigenvalue weighted by atomic mass is 10.1. The molecule has 160 valence electrons. The molecule has 0 atom stereocenters. The molecular weight excluding hydrogens is 451 g/mol. The van der Waals surface area contributed by atoms with Crippen LogP contribution in [-0.4, -0.2) is 20.6 Å². The Kier molecular flexibility index (Phi) is 6.20. The quantitative estimate of drug-likeness (QED) is 0.292. The Morgan fingerprint density at radius 2 is 1.69 bits per heavy atom. The molecule has 1 heterocycles. The number of carbonyl (C=O) groups is 1. The lowest BCUT2D eigenvalue weighted by molar-refractivity contribution is -0.384. The van der Waals surface area contributed by atoms with Crippen molar-refractivity contribution in [1.82, 2.24) is 15.1 Å². The van der Waals surface area contributed by atoms with Gasteiger partial charge in [0.05, 0.1) is 20.7 Å². The number of nitrogens with zero attached hydrogens (tertiary/aromatic N) is 3. The largest absolute Gasteiger partial charge is 0.347 e. The second kappa shape index (κ2) is 9.21. The first-order valence-electron chi connectivity index (χ1n) is 9.55. The van der Waals surface area contributed by atoms with Gasteiger partial charge in [0, 0.05) is 18.2 Å². The molecule has 0 spiro atoms. The van der Waals surface area contributed by atoms with Gasteiger partial charge in [-0.2, -0.15) is 5.10 Å². The van der Waals surface area contributed by atoms with Crippen LogP contribution in [0.4, 0.5) is 5.69 Å². The average Bonchev–Trinajstić information content (AvgIpc) is 3.25. The van der Waals surface area contributed by atoms with E-state index in [1.807, 2.05) is 30.3 Å². The van der Waals surface area contributed by atoms with E-state index in [1.54, 1.807) is 42.5 Å². The maximum atomic E-state index is 12.8. The topological polar surface area (TPSA) is 90.1 Å². The van der Waals surface area contributed by atoms with E-state index in [-0.39, 0.29) is 17.1 Å². The summed E-state index contributed by atoms with van der Waals surface area (Å²) in [6.45, 7) is 0.320. The monoisotopic (exact) mass is 466 g/mol. The van der Waals surface area contributed by atoms with Crippen molar-refractivity contribution < 1.29 is 9.72 Å². The van der Waals surface area contributed by atoms with E-state index in [0.717, 1.165) is 5.56 Å². The minimum atomic E-state index is -0.495. The molecule has 0 fully saturated rings. The Morgan fingerprint density at radius 3 is 2.41 bits per heavy atom. The SMILES string of the molecule is O=C(NCc1ccccc1)c1cc(-c2ccc(Cl)c(Cl)c2)n(-c2ccccc2[N+](=O)[O-])n1. The van der Waals surface area contributed by atoms with Gasteiger partial charge >= 0.3 is 0 Å². The van der Waals surface area contributed by atoms with Crippen molar-refractivity contribution in [3.05, 3.63) is 110 Å². The number of para-hydroxylation sites is 2. The van der Waals surface area contributed by atoms with Crippen LogP contribution >= 0.6 is 23.2 Å². The number of rotatable bonds is 6. The van der Waals surface area contributed by atoms with Gasteiger partial charge in [-0.05, 0) is 29.8 Å². The van der Waals surface area contributed by atoms with Crippen molar-refractivity contribution in [3.63, 3.8) is 0 Å². The normalized spacial score (nSPS) is 10.7. The van der Waals surface area contributed by atoms with E-state index in [4.69, 9.17) is 23.2 Å². The van der Waals surface area contributed by atoms with Crippen LogP contribution in [0.5, 0.6) is 0 Å². The summed E-state index contributed by atoms with van der Waals surface area (Å²) in [5, 5.41) is 19.5. The zero-order valence-electron chi connectivity index (χ0n) is 16.5. The highest BCUT2D eigenvalue weighted by Crippen LogP contribution is 2.32. The van der Waals surface area contributed by atoms with Gasteiger partial charge in [0.15, 0.2) is 5.69 Å². The smallest absolute Gasteiger partial charge is 0.294 e. The molecule has 4 rings (SSSR count). The lowest BCUT2D eigenvalue weighted by Crippen LogP contribution is -2.23. The second-order valence-electron chi connectivity index (χ2n) is 6.87. The van der Waals surface area contributed by atoms with Gasteiger partial charge in [0.1, 0.15) is 5.69 Å². The Hall–Kier alpha value is -3.68. The highest BCUT2D eigenvalue weighted by molar-refractivity contribution is 6.42. The highest BCUT2D eigenvalue weighted by Gasteiger charge is 2.22. The molecule has 0 saturated heterocycles. The average molecular weight is 467 g/mol. The third-order valence-corrected chi connectivity index (χ3v) is 5.50. The van der Waals surface area contributed by atoms with E-state index >= 15 is 0 Å². The Bertz CT molecular complexity index is 1310. The third kappa shape index (κ3) is 4.49. The molecule has 1 aromatic heterocycles. The standard InChI is InChI=1S/C23H16Cl2N4O3/c24-17-11-10-16(12-18(17)25)22-13-19(23(30)26-14-15-6-2-1-3-7-15)27-28(22)20-8-4-5-9-21(20)29(31)32/h1-13H,14H2,(H,26,30). The van der Waals surface area contributed by atoms with Gasteiger partial charge in [-0.1, -0.05) is 71.7 Å². The number of amides is 1. The van der Waals surface area contributed by atoms with Crippen LogP contribution in [0.3, 0.4) is 0 Å². The predicted molar refractivity (Wildman–Crippen MR) is 123 cm³/mol. The van der Waals surface area contributed by atoms with Crippen molar-refractivity contribution in [1.29, 1.82) is 0 Å². The van der Waals surface area contributed by atoms with Crippen LogP contribution in [0.1, 0.15) is 16.1 Å². The second-order valence-corrected chi connectivity index (χ2v) is 7.68. The van der Waals surface area contributed by atoms with Crippen molar-refractivity contribution in [2.24, 2.45) is 0 Å². The van der Waals surface area contributed by atoms with Gasteiger partial charge in [0.25, 0.3) is 11.6 Å². The molecular formula is C23H16Cl2N4O3. The van der Waals surface area contributed by atoms with E-state index in [9.17, 15) is 14.9 Å². The maximum Gasteiger partial charge on any atom is 0.294 e. The molecule has 1 N–H and O–H groups in total. The molecule has 32 heavy (non-hydrogen) atoms. The number of aromatic nitrogens is 2. The minimum absolute atomic E-state index is 0.111. The number of carbonyl (C=O) groups excluding carboxylic acids is 1. The van der Waals surface area contributed by atoms with Crippen molar-refractivity contribution in [2.75, 3.05) is 0 Å². The highest BCUT2D eigenvalue weighted by atomic mass is 35.5. The van der Waals surface area contributed by atoms with Crippen molar-refractivity contribution in [3.8, 4) is 16.9 Å². The molecule has 0 radical (unpaired) electrons. The van der Waals surface area contributed by atoms with Crippen LogP contribution in [0.25, 0.3) is 16.9 Å². The zero-order chi connectivity index (χ0) is 22.7. The molecule has 7 nitrogen and oxygen atoms in total. The zero-order valence-corrected chi connectivity index (χ0v) is 18.0. The van der Waals surface area contributed by atoms with Gasteiger partial charge < -0.3 is 5.32 Å². The van der Waals surface area contributed by atoms with Gasteiger partial charge in [-0.3, -0.25) is 14.9 Å². The molecule has 0 aliphatic rings. The third-order valence-electron chi connectivity index (χ3n) is 4.76. The number of nitro benzene ring substituents is 1. The Balaban J connectivity index is 1.77. The fourth-order valence-corrected chi connectivity index (χ4v) is 3.50. The molecule has 0 aliphatic heterocycles. The molecule has 0 aliphatic carbocycles. The lowest BCUT2D eigenvalue weighted by Gasteiger charge is -2.09. The van der Waals surface area contributed by atoms with Crippen LogP contribution in [0, 0.1) is 10.1 Å². The Morgan fingerprint density at radius 1 is 0.969 bits per heavy atom. The molecule has 4 aromatic rings. The van der Waals surface area contributed by atoms with Crippen LogP contribution in [-0.2, 0) is 6.54 Å². The number of hydrogen-bond donors (Lipinski definition) is 1. The first-order chi connectivity index (χ1) is 15.4. The summed E-state index contributed by atoms with van der Waals surface area (Å²) in [4.78, 5) is 23.9. The maximum absolute atomic E-state index is 12.8. The summed E-state index contributed by atoms with van der Waals surface area (Å²) >= 11 is 12.2. The molecule has 9 heteroatoms. The molecule has 0 unspecified atom stereocenters. The van der Waals surface area contributed by atoms with Gasteiger partial charge in [-0.25, -0.2) is 4.68 Å². The van der Waals surface area contributed by atoms with Crippen LogP contribution in [0.15, 0.2) is 78.9 Å². The first-order valence-corrected chi connectivity index (χ1v) is 10.3. The van der Waals surface area contributed by atoms with E-state index in [0.29, 0.717) is 27.8 Å². The number of nitrogens with one attached hydrogen (secondary N) is 1. The first kappa shape index (κ1) is 21.5. The Labute approximate surface area is 193 Å². The van der Waals surface area contributed by atoms with E-state index < -0.39 is 10.8 Å². The minimum Gasteiger partial charge on any atom is -0.347 e. The molecule has 3 aromatic carbocycles. The van der Waals surface area contributed by atoms with E-state index in [1.165, 1.54) is 10.7 Å². The number of benzene rings is 3. The fraction of sp³-hybridized carbons (Fsp3) is 0.0435. The van der Waals surface area contributed by atoms with Crippen molar-refractivity contribution in [2.45, 2.75) is 6.54 Å². The summed E-state index contributed by atoms with van der Waals surface area (Å²) in [6.07, 6.45) is 0. The fourth-order valence-electron chi connectivity index (χ4n) is 3.20. The van der Waals surface area contributed by atoms with Crippen molar-refractivity contribution >= 4 is 34.8 Å². The molecule has 0 bridgehead atoms. The van der Waals surface area contributed by atoms with E-state index in [2.05, 4.69) is 10.4 Å². The van der Waals surface area contributed by atoms with Gasteiger partial charge in [-0.15, -0.1) is 0 Å². The number of halogens is 2. The molecule has 0 saturated carbocycles. The number of nitro groups is 1. The summed E-state index contributed by atoms with van der Waals surface area (Å²) < 4.78 is 1.37. The summed E-state index contributed by atoms with van der Waals surface area (Å²) in [5.41, 5.74) is 2.19. The van der Waals surface area contributed by atoms with Crippen LogP contribution in [0.2, 0.25) is 10.0 Å². The predicted octanol–water partition coefficient (Wildman–Crippen LogP) is 5.68. The number of hydrogen-bond acceptors (Lipinski definition) is 4.